The molecule has 2 saturated carbocycles. The van der Waals surface area contributed by atoms with Crippen LogP contribution in [0.2, 0.25) is 0 Å². The zero-order valence-corrected chi connectivity index (χ0v) is 24.9. The molecule has 0 radical (unpaired) electrons. The van der Waals surface area contributed by atoms with E-state index < -0.39 is 11.0 Å². The molecule has 8 rings (SSSR count). The fraction of sp³-hybridized carbons (Fsp3) is 0.438. The number of hydrogen-bond donors (Lipinski definition) is 2. The highest BCUT2D eigenvalue weighted by atomic mass is 16.5. The Kier molecular flexibility index (Phi) is 6.66. The van der Waals surface area contributed by atoms with Crippen LogP contribution in [0.5, 0.6) is 11.6 Å². The molecule has 12 nitrogen and oxygen atoms in total. The number of aliphatic hydroxyl groups is 1. The highest BCUT2D eigenvalue weighted by molar-refractivity contribution is 5.96. The lowest BCUT2D eigenvalue weighted by molar-refractivity contribution is -0.134. The van der Waals surface area contributed by atoms with Crippen LogP contribution < -0.4 is 19.7 Å². The molecular formula is C32H34N8O4. The third kappa shape index (κ3) is 4.97. The summed E-state index contributed by atoms with van der Waals surface area (Å²) < 4.78 is 12.6. The number of ether oxygens (including phenoxy) is 2. The lowest BCUT2D eigenvalue weighted by atomic mass is 9.55. The predicted octanol–water partition coefficient (Wildman–Crippen LogP) is 3.99. The number of carbonyl (C=O) groups is 1. The summed E-state index contributed by atoms with van der Waals surface area (Å²) in [4.78, 5) is 29.9. The molecule has 4 atom stereocenters. The van der Waals surface area contributed by atoms with Crippen molar-refractivity contribution in [3.8, 4) is 29.0 Å². The second kappa shape index (κ2) is 10.4. The molecule has 0 spiro atoms. The third-order valence-corrected chi connectivity index (χ3v) is 9.09. The third-order valence-electron chi connectivity index (χ3n) is 9.09. The van der Waals surface area contributed by atoms with Crippen LogP contribution in [0, 0.1) is 22.7 Å². The molecule has 2 unspecified atom stereocenters. The summed E-state index contributed by atoms with van der Waals surface area (Å²) in [5.74, 6) is 2.35. The standard InChI is InChI=1S/C32H34N8O4/c1-31(2,42)18-44-24-8-25(29-20(12-33)13-37-39(29)17-24)26-15-35-27(16-34-26)40-22-6-19-7-23(40)11-32(9-19,10-22)30(41)38-21-4-5-28(43-3)36-14-21/h4-5,8,13-17,19,22-23,42H,6-7,9-11,18H2,1-3H3,(H,38,41)/t19?,22-,23+,32?. The smallest absolute Gasteiger partial charge is 0.230 e. The molecule has 12 heteroatoms. The molecule has 2 N–H and O–H groups in total. The van der Waals surface area contributed by atoms with E-state index in [1.54, 1.807) is 62.4 Å². The second-order valence-electron chi connectivity index (χ2n) is 12.9. The first-order valence-electron chi connectivity index (χ1n) is 14.8. The zero-order chi connectivity index (χ0) is 30.6. The van der Waals surface area contributed by atoms with Crippen molar-refractivity contribution in [1.29, 1.82) is 5.26 Å². The highest BCUT2D eigenvalue weighted by Gasteiger charge is 2.58. The number of carbonyl (C=O) groups excluding carboxylic acids is 1. The monoisotopic (exact) mass is 594 g/mol. The number of nitrogens with one attached hydrogen (secondary N) is 1. The molecule has 1 amide bonds. The first kappa shape index (κ1) is 28.0. The van der Waals surface area contributed by atoms with E-state index in [-0.39, 0.29) is 24.6 Å². The van der Waals surface area contributed by atoms with Crippen LogP contribution in [0.3, 0.4) is 0 Å². The Morgan fingerprint density at radius 2 is 1.93 bits per heavy atom. The molecule has 226 valence electrons. The first-order chi connectivity index (χ1) is 21.1. The number of nitrogens with zero attached hydrogens (tertiary/aromatic N) is 7. The van der Waals surface area contributed by atoms with Crippen LogP contribution in [0.4, 0.5) is 11.5 Å². The molecule has 4 aliphatic rings. The van der Waals surface area contributed by atoms with Crippen molar-refractivity contribution < 1.29 is 19.4 Å². The average molecular weight is 595 g/mol. The van der Waals surface area contributed by atoms with Gasteiger partial charge in [0.15, 0.2) is 0 Å². The maximum Gasteiger partial charge on any atom is 0.230 e. The number of aromatic nitrogens is 5. The summed E-state index contributed by atoms with van der Waals surface area (Å²) in [6, 6.07) is 7.98. The van der Waals surface area contributed by atoms with Crippen molar-refractivity contribution in [3.05, 3.63) is 54.7 Å². The molecule has 4 bridgehead atoms. The Morgan fingerprint density at radius 3 is 2.57 bits per heavy atom. The van der Waals surface area contributed by atoms with Gasteiger partial charge in [-0.05, 0) is 64.0 Å². The van der Waals surface area contributed by atoms with Gasteiger partial charge in [0.05, 0.1) is 71.6 Å². The van der Waals surface area contributed by atoms with E-state index in [4.69, 9.17) is 19.4 Å². The van der Waals surface area contributed by atoms with Crippen LogP contribution in [-0.2, 0) is 4.79 Å². The number of anilines is 2. The fourth-order valence-electron chi connectivity index (χ4n) is 7.42. The van der Waals surface area contributed by atoms with Crippen LogP contribution in [0.15, 0.2) is 49.2 Å². The van der Waals surface area contributed by atoms with Gasteiger partial charge in [0, 0.05) is 23.7 Å². The average Bonchev–Trinajstić information content (AvgIpc) is 3.43. The number of amides is 1. The molecule has 4 aromatic rings. The van der Waals surface area contributed by atoms with E-state index in [1.807, 2.05) is 6.07 Å². The summed E-state index contributed by atoms with van der Waals surface area (Å²) in [6.07, 6.45) is 12.8. The van der Waals surface area contributed by atoms with Gasteiger partial charge in [-0.15, -0.1) is 0 Å². The fourth-order valence-corrected chi connectivity index (χ4v) is 7.42. The molecule has 4 fully saturated rings. The van der Waals surface area contributed by atoms with Gasteiger partial charge in [-0.3, -0.25) is 9.78 Å². The van der Waals surface area contributed by atoms with E-state index in [9.17, 15) is 15.2 Å². The SMILES string of the molecule is COc1ccc(NC(=O)C23CC4C[C@H](C2)N(c2cnc(-c5cc(OCC(C)(C)O)cn6ncc(C#N)c56)cn2)[C@@H](C4)C3)cn1. The maximum absolute atomic E-state index is 13.7. The molecule has 2 aliphatic carbocycles. The van der Waals surface area contributed by atoms with E-state index in [0.717, 1.165) is 37.9 Å². The van der Waals surface area contributed by atoms with Crippen molar-refractivity contribution in [2.75, 3.05) is 23.9 Å². The second-order valence-corrected chi connectivity index (χ2v) is 12.9. The van der Waals surface area contributed by atoms with E-state index in [2.05, 4.69) is 26.4 Å². The molecule has 44 heavy (non-hydrogen) atoms. The van der Waals surface area contributed by atoms with Crippen LogP contribution in [0.25, 0.3) is 16.8 Å². The predicted molar refractivity (Wildman–Crippen MR) is 161 cm³/mol. The summed E-state index contributed by atoms with van der Waals surface area (Å²) in [5.41, 5.74) is 1.52. The highest BCUT2D eigenvalue weighted by Crippen LogP contribution is 2.57. The minimum Gasteiger partial charge on any atom is -0.489 e. The summed E-state index contributed by atoms with van der Waals surface area (Å²) in [7, 11) is 1.57. The number of nitriles is 1. The van der Waals surface area contributed by atoms with E-state index in [0.29, 0.717) is 45.6 Å². The largest absolute Gasteiger partial charge is 0.489 e. The molecule has 0 aromatic carbocycles. The molecule has 6 heterocycles. The lowest BCUT2D eigenvalue weighted by Crippen LogP contribution is -2.64. The topological polar surface area (TPSA) is 151 Å². The van der Waals surface area contributed by atoms with Crippen molar-refractivity contribution >= 4 is 22.9 Å². The Balaban J connectivity index is 1.14. The quantitative estimate of drug-likeness (QED) is 0.306. The molecule has 4 aromatic heterocycles. The van der Waals surface area contributed by atoms with Crippen molar-refractivity contribution in [1.82, 2.24) is 24.6 Å². The Hall–Kier alpha value is -4.76. The first-order valence-corrected chi connectivity index (χ1v) is 14.8. The van der Waals surface area contributed by atoms with Crippen molar-refractivity contribution in [2.45, 2.75) is 63.6 Å². The van der Waals surface area contributed by atoms with Gasteiger partial charge in [0.25, 0.3) is 0 Å². The van der Waals surface area contributed by atoms with Crippen molar-refractivity contribution in [3.63, 3.8) is 0 Å². The number of hydrogen-bond acceptors (Lipinski definition) is 10. The number of methoxy groups -OCH3 is 1. The van der Waals surface area contributed by atoms with Gasteiger partial charge < -0.3 is 24.8 Å². The number of fused-ring (bicyclic) bond motifs is 1. The Morgan fingerprint density at radius 1 is 1.14 bits per heavy atom. The van der Waals surface area contributed by atoms with E-state index in [1.165, 1.54) is 6.20 Å². The van der Waals surface area contributed by atoms with Crippen LogP contribution in [0.1, 0.15) is 51.5 Å². The molecule has 2 aliphatic heterocycles. The Bertz CT molecular complexity index is 1740. The zero-order valence-electron chi connectivity index (χ0n) is 24.9. The number of rotatable bonds is 8. The summed E-state index contributed by atoms with van der Waals surface area (Å²) >= 11 is 0. The van der Waals surface area contributed by atoms with Crippen LogP contribution >= 0.6 is 0 Å². The van der Waals surface area contributed by atoms with Gasteiger partial charge in [0.2, 0.25) is 11.8 Å². The number of pyridine rings is 2. The van der Waals surface area contributed by atoms with Gasteiger partial charge in [0.1, 0.15) is 24.2 Å². The van der Waals surface area contributed by atoms with Gasteiger partial charge in [-0.1, -0.05) is 0 Å². The minimum absolute atomic E-state index is 0.0646. The normalized spacial score (nSPS) is 23.9. The van der Waals surface area contributed by atoms with Crippen LogP contribution in [-0.4, -0.2) is 67.0 Å². The molecule has 2 saturated heterocycles. The Labute approximate surface area is 254 Å². The maximum atomic E-state index is 13.7. The minimum atomic E-state index is -1.02. The van der Waals surface area contributed by atoms with Gasteiger partial charge in [-0.25, -0.2) is 14.5 Å². The van der Waals surface area contributed by atoms with Gasteiger partial charge in [-0.2, -0.15) is 10.4 Å². The van der Waals surface area contributed by atoms with E-state index >= 15 is 0 Å². The summed E-state index contributed by atoms with van der Waals surface area (Å²) in [5, 5.41) is 27.3. The van der Waals surface area contributed by atoms with Crippen molar-refractivity contribution in [2.24, 2.45) is 11.3 Å². The lowest BCUT2D eigenvalue weighted by Gasteiger charge is -2.61. The summed E-state index contributed by atoms with van der Waals surface area (Å²) in [6.45, 7) is 3.43. The van der Waals surface area contributed by atoms with Gasteiger partial charge >= 0.3 is 0 Å². The molecular weight excluding hydrogens is 560 g/mol. The number of piperidine rings is 2.